The molecule has 0 saturated carbocycles. The van der Waals surface area contributed by atoms with E-state index in [0.29, 0.717) is 5.75 Å². The second-order valence-electron chi connectivity index (χ2n) is 4.88. The van der Waals surface area contributed by atoms with Gasteiger partial charge in [-0.15, -0.1) is 11.8 Å². The van der Waals surface area contributed by atoms with E-state index in [1.165, 1.54) is 17.8 Å². The van der Waals surface area contributed by atoms with Crippen molar-refractivity contribution in [2.45, 2.75) is 17.4 Å². The Kier molecular flexibility index (Phi) is 4.93. The van der Waals surface area contributed by atoms with Crippen LogP contribution in [0.4, 0.5) is 0 Å². The van der Waals surface area contributed by atoms with Gasteiger partial charge in [-0.25, -0.2) is 4.79 Å². The monoisotopic (exact) mass is 322 g/mol. The third kappa shape index (κ3) is 4.00. The third-order valence-corrected chi connectivity index (χ3v) is 4.71. The smallest absolute Gasteiger partial charge is 0.337 e. The van der Waals surface area contributed by atoms with Crippen molar-refractivity contribution < 1.29 is 15.0 Å². The molecular weight excluding hydrogens is 308 g/mol. The number of rotatable bonds is 5. The first kappa shape index (κ1) is 15.9. The van der Waals surface area contributed by atoms with Crippen LogP contribution in [0, 0.1) is 0 Å². The molecule has 0 aromatic heterocycles. The van der Waals surface area contributed by atoms with E-state index in [0.717, 1.165) is 10.5 Å². The third-order valence-electron chi connectivity index (χ3n) is 3.08. The lowest BCUT2D eigenvalue weighted by Gasteiger charge is -2.23. The van der Waals surface area contributed by atoms with Crippen molar-refractivity contribution in [3.63, 3.8) is 0 Å². The molecule has 1 unspecified atom stereocenters. The molecular formula is C16H15ClO3S. The highest BCUT2D eigenvalue weighted by atomic mass is 35.5. The Morgan fingerprint density at radius 1 is 1.24 bits per heavy atom. The predicted molar refractivity (Wildman–Crippen MR) is 85.1 cm³/mol. The zero-order chi connectivity index (χ0) is 15.5. The van der Waals surface area contributed by atoms with E-state index < -0.39 is 11.6 Å². The van der Waals surface area contributed by atoms with Gasteiger partial charge in [0.25, 0.3) is 0 Å². The lowest BCUT2D eigenvalue weighted by molar-refractivity contribution is 0.0696. The fraction of sp³-hybridized carbons (Fsp3) is 0.188. The van der Waals surface area contributed by atoms with Gasteiger partial charge in [0.2, 0.25) is 0 Å². The van der Waals surface area contributed by atoms with Crippen molar-refractivity contribution in [1.29, 1.82) is 0 Å². The summed E-state index contributed by atoms with van der Waals surface area (Å²) in [5, 5.41) is 19.8. The molecule has 2 aromatic rings. The highest BCUT2D eigenvalue weighted by Crippen LogP contribution is 2.31. The van der Waals surface area contributed by atoms with Gasteiger partial charge in [0.1, 0.15) is 0 Å². The van der Waals surface area contributed by atoms with E-state index in [-0.39, 0.29) is 10.6 Å². The van der Waals surface area contributed by atoms with Crippen LogP contribution in [0.25, 0.3) is 0 Å². The summed E-state index contributed by atoms with van der Waals surface area (Å²) in [6.07, 6.45) is 0. The molecule has 2 N–H and O–H groups in total. The van der Waals surface area contributed by atoms with Crippen LogP contribution in [0.15, 0.2) is 53.4 Å². The number of hydrogen-bond acceptors (Lipinski definition) is 3. The molecule has 110 valence electrons. The van der Waals surface area contributed by atoms with Crippen LogP contribution in [-0.4, -0.2) is 21.9 Å². The number of carbonyl (C=O) groups is 1. The number of carboxylic acids is 1. The van der Waals surface area contributed by atoms with Gasteiger partial charge in [0.15, 0.2) is 0 Å². The number of thioether (sulfide) groups is 1. The first-order valence-electron chi connectivity index (χ1n) is 6.34. The zero-order valence-corrected chi connectivity index (χ0v) is 13.0. The Morgan fingerprint density at radius 2 is 1.90 bits per heavy atom. The van der Waals surface area contributed by atoms with Crippen LogP contribution in [-0.2, 0) is 5.60 Å². The Balaban J connectivity index is 2.13. The molecule has 0 saturated heterocycles. The number of aromatic carboxylic acids is 1. The van der Waals surface area contributed by atoms with Crippen molar-refractivity contribution in [2.75, 3.05) is 5.75 Å². The summed E-state index contributed by atoms with van der Waals surface area (Å²) in [7, 11) is 0. The maximum Gasteiger partial charge on any atom is 0.337 e. The van der Waals surface area contributed by atoms with Crippen LogP contribution < -0.4 is 0 Å². The average Bonchev–Trinajstić information content (AvgIpc) is 2.47. The summed E-state index contributed by atoms with van der Waals surface area (Å²) in [6.45, 7) is 1.74. The van der Waals surface area contributed by atoms with Crippen molar-refractivity contribution in [3.05, 3.63) is 64.7 Å². The Morgan fingerprint density at radius 3 is 2.52 bits per heavy atom. The number of benzene rings is 2. The first-order valence-corrected chi connectivity index (χ1v) is 7.70. The fourth-order valence-electron chi connectivity index (χ4n) is 1.86. The molecule has 5 heteroatoms. The molecule has 0 bridgehead atoms. The molecule has 0 aliphatic rings. The Bertz CT molecular complexity index is 641. The number of aliphatic hydroxyl groups is 1. The van der Waals surface area contributed by atoms with Crippen molar-refractivity contribution in [3.8, 4) is 0 Å². The molecule has 0 heterocycles. The van der Waals surface area contributed by atoms with Gasteiger partial charge < -0.3 is 10.2 Å². The van der Waals surface area contributed by atoms with Gasteiger partial charge in [-0.1, -0.05) is 41.9 Å². The van der Waals surface area contributed by atoms with Crippen molar-refractivity contribution in [1.82, 2.24) is 0 Å². The number of halogens is 1. The van der Waals surface area contributed by atoms with Crippen LogP contribution >= 0.6 is 23.4 Å². The molecule has 1 atom stereocenters. The number of hydrogen-bond donors (Lipinski definition) is 2. The SMILES string of the molecule is CC(O)(CSc1ccc(Cl)c(C(=O)O)c1)c1ccccc1. The van der Waals surface area contributed by atoms with Gasteiger partial charge in [0.05, 0.1) is 16.2 Å². The second kappa shape index (κ2) is 6.52. The highest BCUT2D eigenvalue weighted by Gasteiger charge is 2.23. The van der Waals surface area contributed by atoms with Gasteiger partial charge >= 0.3 is 5.97 Å². The maximum absolute atomic E-state index is 11.1. The van der Waals surface area contributed by atoms with E-state index in [1.54, 1.807) is 19.1 Å². The minimum absolute atomic E-state index is 0.0704. The number of carboxylic acid groups (broad SMARTS) is 1. The maximum atomic E-state index is 11.1. The summed E-state index contributed by atoms with van der Waals surface area (Å²) in [6, 6.07) is 14.2. The lowest BCUT2D eigenvalue weighted by atomic mass is 9.99. The Hall–Kier alpha value is -1.49. The molecule has 0 fully saturated rings. The standard InChI is InChI=1S/C16H15ClO3S/c1-16(20,11-5-3-2-4-6-11)10-21-12-7-8-14(17)13(9-12)15(18)19/h2-9,20H,10H2,1H3,(H,18,19). The Labute approximate surface area is 132 Å². The quantitative estimate of drug-likeness (QED) is 0.816. The summed E-state index contributed by atoms with van der Waals surface area (Å²) < 4.78 is 0. The molecule has 0 spiro atoms. The molecule has 0 amide bonds. The zero-order valence-electron chi connectivity index (χ0n) is 11.4. The topological polar surface area (TPSA) is 57.5 Å². The molecule has 2 aromatic carbocycles. The second-order valence-corrected chi connectivity index (χ2v) is 6.33. The van der Waals surface area contributed by atoms with Gasteiger partial charge in [-0.2, -0.15) is 0 Å². The van der Waals surface area contributed by atoms with Crippen LogP contribution in [0.1, 0.15) is 22.8 Å². The van der Waals surface area contributed by atoms with E-state index in [1.807, 2.05) is 30.3 Å². The minimum atomic E-state index is -1.06. The fourth-order valence-corrected chi connectivity index (χ4v) is 3.04. The van der Waals surface area contributed by atoms with Gasteiger partial charge in [0, 0.05) is 10.6 Å². The molecule has 0 aliphatic carbocycles. The summed E-state index contributed by atoms with van der Waals surface area (Å²) in [5.41, 5.74) is -0.0967. The first-order chi connectivity index (χ1) is 9.90. The van der Waals surface area contributed by atoms with Crippen molar-refractivity contribution >= 4 is 29.3 Å². The van der Waals surface area contributed by atoms with E-state index in [2.05, 4.69) is 0 Å². The van der Waals surface area contributed by atoms with Gasteiger partial charge in [-0.05, 0) is 30.7 Å². The van der Waals surface area contributed by atoms with Crippen LogP contribution in [0.5, 0.6) is 0 Å². The summed E-state index contributed by atoms with van der Waals surface area (Å²) >= 11 is 7.23. The van der Waals surface area contributed by atoms with Crippen LogP contribution in [0.2, 0.25) is 5.02 Å². The predicted octanol–water partition coefficient (Wildman–Crippen LogP) is 4.04. The molecule has 0 radical (unpaired) electrons. The van der Waals surface area contributed by atoms with Crippen LogP contribution in [0.3, 0.4) is 0 Å². The lowest BCUT2D eigenvalue weighted by Crippen LogP contribution is -2.24. The average molecular weight is 323 g/mol. The highest BCUT2D eigenvalue weighted by molar-refractivity contribution is 7.99. The normalized spacial score (nSPS) is 13.7. The largest absolute Gasteiger partial charge is 0.478 e. The van der Waals surface area contributed by atoms with E-state index in [9.17, 15) is 9.90 Å². The minimum Gasteiger partial charge on any atom is -0.478 e. The van der Waals surface area contributed by atoms with E-state index >= 15 is 0 Å². The summed E-state index contributed by atoms with van der Waals surface area (Å²) in [5.74, 6) is -0.644. The molecule has 3 nitrogen and oxygen atoms in total. The summed E-state index contributed by atoms with van der Waals surface area (Å²) in [4.78, 5) is 11.8. The molecule has 0 aliphatic heterocycles. The van der Waals surface area contributed by atoms with Gasteiger partial charge in [-0.3, -0.25) is 0 Å². The van der Waals surface area contributed by atoms with E-state index in [4.69, 9.17) is 16.7 Å². The van der Waals surface area contributed by atoms with Crippen molar-refractivity contribution in [2.24, 2.45) is 0 Å². The molecule has 21 heavy (non-hydrogen) atoms. The molecule has 2 rings (SSSR count).